The molecule has 1 aromatic carbocycles. The maximum atomic E-state index is 13.3. The number of rotatable bonds is 2. The van der Waals surface area contributed by atoms with E-state index in [0.29, 0.717) is 10.7 Å². The van der Waals surface area contributed by atoms with Gasteiger partial charge in [-0.3, -0.25) is 0 Å². The van der Waals surface area contributed by atoms with Gasteiger partial charge in [-0.25, -0.2) is 4.39 Å². The van der Waals surface area contributed by atoms with Crippen LogP contribution >= 0.6 is 11.6 Å². The minimum absolute atomic E-state index is 0.0574. The maximum absolute atomic E-state index is 13.3. The fraction of sp³-hybridized carbons (Fsp3) is 0.455. The van der Waals surface area contributed by atoms with E-state index in [1.807, 2.05) is 0 Å². The van der Waals surface area contributed by atoms with E-state index in [-0.39, 0.29) is 18.0 Å². The SMILES string of the molecule is O[C@@H]1CCC[C@H]1Nc1cc(Cl)ccc1F. The van der Waals surface area contributed by atoms with Gasteiger partial charge in [-0.15, -0.1) is 0 Å². The molecule has 2 N–H and O–H groups in total. The van der Waals surface area contributed by atoms with Gasteiger partial charge in [-0.05, 0) is 37.5 Å². The van der Waals surface area contributed by atoms with E-state index in [2.05, 4.69) is 5.32 Å². The van der Waals surface area contributed by atoms with Gasteiger partial charge in [0.25, 0.3) is 0 Å². The predicted molar refractivity (Wildman–Crippen MR) is 58.7 cm³/mol. The van der Waals surface area contributed by atoms with E-state index < -0.39 is 0 Å². The highest BCUT2D eigenvalue weighted by molar-refractivity contribution is 6.30. The molecular weight excluding hydrogens is 217 g/mol. The molecule has 0 heterocycles. The highest BCUT2D eigenvalue weighted by Gasteiger charge is 2.25. The normalized spacial score (nSPS) is 25.5. The predicted octanol–water partition coefficient (Wildman–Crippen LogP) is 2.80. The number of aliphatic hydroxyl groups excluding tert-OH is 1. The first-order chi connectivity index (χ1) is 7.16. The molecule has 1 fully saturated rings. The first-order valence-electron chi connectivity index (χ1n) is 5.06. The average Bonchev–Trinajstić information content (AvgIpc) is 2.58. The van der Waals surface area contributed by atoms with E-state index >= 15 is 0 Å². The molecule has 82 valence electrons. The van der Waals surface area contributed by atoms with Gasteiger partial charge in [-0.1, -0.05) is 11.6 Å². The van der Waals surface area contributed by atoms with E-state index in [1.165, 1.54) is 12.1 Å². The van der Waals surface area contributed by atoms with Crippen LogP contribution in [0.5, 0.6) is 0 Å². The average molecular weight is 230 g/mol. The summed E-state index contributed by atoms with van der Waals surface area (Å²) in [6.45, 7) is 0. The van der Waals surface area contributed by atoms with Crippen molar-refractivity contribution in [2.24, 2.45) is 0 Å². The molecule has 1 aromatic rings. The number of aliphatic hydroxyl groups is 1. The Hall–Kier alpha value is -0.800. The number of hydrogen-bond donors (Lipinski definition) is 2. The van der Waals surface area contributed by atoms with E-state index in [0.717, 1.165) is 19.3 Å². The molecule has 0 spiro atoms. The van der Waals surface area contributed by atoms with Crippen LogP contribution in [-0.2, 0) is 0 Å². The van der Waals surface area contributed by atoms with Crippen LogP contribution in [0.2, 0.25) is 5.02 Å². The van der Waals surface area contributed by atoms with Crippen LogP contribution < -0.4 is 5.32 Å². The first kappa shape index (κ1) is 10.7. The summed E-state index contributed by atoms with van der Waals surface area (Å²) in [7, 11) is 0. The highest BCUT2D eigenvalue weighted by Crippen LogP contribution is 2.26. The molecule has 1 saturated carbocycles. The van der Waals surface area contributed by atoms with Crippen molar-refractivity contribution in [3.05, 3.63) is 29.0 Å². The number of nitrogens with one attached hydrogen (secondary N) is 1. The lowest BCUT2D eigenvalue weighted by molar-refractivity contribution is 0.171. The third kappa shape index (κ3) is 2.41. The smallest absolute Gasteiger partial charge is 0.146 e. The Balaban J connectivity index is 2.12. The number of benzene rings is 1. The van der Waals surface area contributed by atoms with Crippen LogP contribution in [0.3, 0.4) is 0 Å². The van der Waals surface area contributed by atoms with Crippen molar-refractivity contribution < 1.29 is 9.50 Å². The molecule has 0 aromatic heterocycles. The van der Waals surface area contributed by atoms with Crippen molar-refractivity contribution in [2.45, 2.75) is 31.4 Å². The van der Waals surface area contributed by atoms with Crippen LogP contribution in [0.4, 0.5) is 10.1 Å². The Morgan fingerprint density at radius 2 is 2.20 bits per heavy atom. The van der Waals surface area contributed by atoms with Gasteiger partial charge in [-0.2, -0.15) is 0 Å². The zero-order chi connectivity index (χ0) is 10.8. The van der Waals surface area contributed by atoms with Crippen molar-refractivity contribution in [1.29, 1.82) is 0 Å². The van der Waals surface area contributed by atoms with Crippen molar-refractivity contribution >= 4 is 17.3 Å². The fourth-order valence-corrected chi connectivity index (χ4v) is 2.09. The Bertz CT molecular complexity index is 358. The second-order valence-electron chi connectivity index (χ2n) is 3.87. The zero-order valence-electron chi connectivity index (χ0n) is 8.21. The second kappa shape index (κ2) is 4.37. The molecule has 0 aliphatic heterocycles. The van der Waals surface area contributed by atoms with Gasteiger partial charge in [0.05, 0.1) is 17.8 Å². The van der Waals surface area contributed by atoms with Crippen molar-refractivity contribution in [3.8, 4) is 0 Å². The number of anilines is 1. The summed E-state index contributed by atoms with van der Waals surface area (Å²) in [5.41, 5.74) is 0.369. The van der Waals surface area contributed by atoms with Gasteiger partial charge in [0.1, 0.15) is 5.82 Å². The summed E-state index contributed by atoms with van der Waals surface area (Å²) in [6, 6.07) is 4.32. The molecule has 1 aliphatic rings. The summed E-state index contributed by atoms with van der Waals surface area (Å²) in [5.74, 6) is -0.335. The van der Waals surface area contributed by atoms with Crippen molar-refractivity contribution in [1.82, 2.24) is 0 Å². The molecule has 2 nitrogen and oxygen atoms in total. The van der Waals surface area contributed by atoms with E-state index in [4.69, 9.17) is 11.6 Å². The lowest BCUT2D eigenvalue weighted by atomic mass is 10.2. The molecule has 0 saturated heterocycles. The lowest BCUT2D eigenvalue weighted by Gasteiger charge is -2.18. The van der Waals surface area contributed by atoms with E-state index in [1.54, 1.807) is 6.07 Å². The number of hydrogen-bond acceptors (Lipinski definition) is 2. The molecule has 2 rings (SSSR count). The van der Waals surface area contributed by atoms with Crippen molar-refractivity contribution in [2.75, 3.05) is 5.32 Å². The van der Waals surface area contributed by atoms with Gasteiger partial charge in [0.15, 0.2) is 0 Å². The minimum Gasteiger partial charge on any atom is -0.391 e. The first-order valence-corrected chi connectivity index (χ1v) is 5.44. The highest BCUT2D eigenvalue weighted by atomic mass is 35.5. The van der Waals surface area contributed by atoms with Gasteiger partial charge in [0, 0.05) is 5.02 Å². The molecular formula is C11H13ClFNO. The summed E-state index contributed by atoms with van der Waals surface area (Å²) in [5, 5.41) is 13.1. The summed E-state index contributed by atoms with van der Waals surface area (Å²) < 4.78 is 13.3. The molecule has 0 bridgehead atoms. The van der Waals surface area contributed by atoms with Crippen LogP contribution in [0.1, 0.15) is 19.3 Å². The lowest BCUT2D eigenvalue weighted by Crippen LogP contribution is -2.28. The monoisotopic (exact) mass is 229 g/mol. The third-order valence-electron chi connectivity index (χ3n) is 2.75. The Kier molecular flexibility index (Phi) is 3.12. The Morgan fingerprint density at radius 3 is 2.87 bits per heavy atom. The van der Waals surface area contributed by atoms with Crippen LogP contribution in [-0.4, -0.2) is 17.3 Å². The molecule has 2 atom stereocenters. The topological polar surface area (TPSA) is 32.3 Å². The summed E-state index contributed by atoms with van der Waals surface area (Å²) in [4.78, 5) is 0. The van der Waals surface area contributed by atoms with Crippen molar-refractivity contribution in [3.63, 3.8) is 0 Å². The van der Waals surface area contributed by atoms with Crippen LogP contribution in [0.25, 0.3) is 0 Å². The molecule has 15 heavy (non-hydrogen) atoms. The summed E-state index contributed by atoms with van der Waals surface area (Å²) in [6.07, 6.45) is 2.23. The molecule has 0 amide bonds. The fourth-order valence-electron chi connectivity index (χ4n) is 1.92. The third-order valence-corrected chi connectivity index (χ3v) is 2.98. The summed E-state index contributed by atoms with van der Waals surface area (Å²) >= 11 is 5.77. The minimum atomic E-state index is -0.386. The molecule has 0 unspecified atom stereocenters. The maximum Gasteiger partial charge on any atom is 0.146 e. The molecule has 0 radical (unpaired) electrons. The van der Waals surface area contributed by atoms with Gasteiger partial charge >= 0.3 is 0 Å². The Morgan fingerprint density at radius 1 is 1.40 bits per heavy atom. The standard InChI is InChI=1S/C11H13ClFNO/c12-7-4-5-8(13)10(6-7)14-9-2-1-3-11(9)15/h4-6,9,11,14-15H,1-3H2/t9-,11-/m1/s1. The zero-order valence-corrected chi connectivity index (χ0v) is 8.97. The molecule has 4 heteroatoms. The Labute approximate surface area is 93.1 Å². The van der Waals surface area contributed by atoms with Gasteiger partial charge in [0.2, 0.25) is 0 Å². The quantitative estimate of drug-likeness (QED) is 0.818. The largest absolute Gasteiger partial charge is 0.391 e. The number of halogens is 2. The van der Waals surface area contributed by atoms with Gasteiger partial charge < -0.3 is 10.4 Å². The van der Waals surface area contributed by atoms with Crippen LogP contribution in [0, 0.1) is 5.82 Å². The molecule has 1 aliphatic carbocycles. The van der Waals surface area contributed by atoms with Crippen LogP contribution in [0.15, 0.2) is 18.2 Å². The second-order valence-corrected chi connectivity index (χ2v) is 4.31. The van der Waals surface area contributed by atoms with E-state index in [9.17, 15) is 9.50 Å².